The van der Waals surface area contributed by atoms with Gasteiger partial charge in [0.25, 0.3) is 11.7 Å². The van der Waals surface area contributed by atoms with Gasteiger partial charge in [0.1, 0.15) is 17.5 Å². The van der Waals surface area contributed by atoms with Crippen molar-refractivity contribution in [3.8, 4) is 28.7 Å². The monoisotopic (exact) mass is 582 g/mol. The number of hydrogen-bond acceptors (Lipinski definition) is 8. The number of methoxy groups -OCH3 is 4. The third-order valence-corrected chi connectivity index (χ3v) is 8.57. The second-order valence-electron chi connectivity index (χ2n) is 10.9. The van der Waals surface area contributed by atoms with E-state index in [0.717, 1.165) is 43.6 Å². The summed E-state index contributed by atoms with van der Waals surface area (Å²) in [5.41, 5.74) is 0.132. The summed E-state index contributed by atoms with van der Waals surface area (Å²) < 4.78 is 27.3. The topological polar surface area (TPSA) is 104 Å². The summed E-state index contributed by atoms with van der Waals surface area (Å²) in [5.74, 6) is 1.41. The SMILES string of the molecule is C.COc1ccc(OC[C@@H]2CC[C@H](N3CC4CCCC(C3=O)N4C(=O)C(=O)c3cc(OC)c(OC)c(OC)c3)C2)cc1. The molecule has 1 aliphatic carbocycles. The molecule has 228 valence electrons. The summed E-state index contributed by atoms with van der Waals surface area (Å²) in [6, 6.07) is 9.77. The number of ketones is 1. The first kappa shape index (κ1) is 31.0. The maximum absolute atomic E-state index is 13.7. The molecule has 1 saturated carbocycles. The fourth-order valence-corrected chi connectivity index (χ4v) is 6.47. The van der Waals surface area contributed by atoms with Gasteiger partial charge < -0.3 is 33.5 Å². The molecular weight excluding hydrogens is 540 g/mol. The molecule has 2 bridgehead atoms. The molecule has 5 rings (SSSR count). The van der Waals surface area contributed by atoms with Crippen LogP contribution in [0.4, 0.5) is 0 Å². The molecule has 0 radical (unpaired) electrons. The van der Waals surface area contributed by atoms with Gasteiger partial charge in [-0.2, -0.15) is 0 Å². The van der Waals surface area contributed by atoms with E-state index in [1.807, 2.05) is 29.2 Å². The first-order valence-corrected chi connectivity index (χ1v) is 14.1. The van der Waals surface area contributed by atoms with Crippen LogP contribution >= 0.6 is 0 Å². The van der Waals surface area contributed by atoms with Gasteiger partial charge in [0, 0.05) is 18.2 Å². The first-order valence-electron chi connectivity index (χ1n) is 14.1. The zero-order valence-corrected chi connectivity index (χ0v) is 24.1. The van der Waals surface area contributed by atoms with Crippen molar-refractivity contribution in [1.82, 2.24) is 9.80 Å². The highest BCUT2D eigenvalue weighted by molar-refractivity contribution is 6.43. The van der Waals surface area contributed by atoms with Crippen LogP contribution in [0.2, 0.25) is 0 Å². The van der Waals surface area contributed by atoms with Gasteiger partial charge in [0.15, 0.2) is 11.5 Å². The first-order chi connectivity index (χ1) is 19.9. The second-order valence-corrected chi connectivity index (χ2v) is 10.9. The Labute approximate surface area is 247 Å². The Hall–Kier alpha value is -3.95. The number of rotatable bonds is 10. The molecule has 4 atom stereocenters. The lowest BCUT2D eigenvalue weighted by molar-refractivity contribution is -0.159. The smallest absolute Gasteiger partial charge is 0.295 e. The number of ether oxygens (including phenoxy) is 5. The number of carbonyl (C=O) groups is 3. The Morgan fingerprint density at radius 3 is 2.12 bits per heavy atom. The van der Waals surface area contributed by atoms with E-state index < -0.39 is 17.7 Å². The molecule has 2 unspecified atom stereocenters. The number of nitrogens with zero attached hydrogens (tertiary/aromatic N) is 2. The fraction of sp³-hybridized carbons (Fsp3) is 0.531. The molecule has 2 aliphatic heterocycles. The Kier molecular flexibility index (Phi) is 9.85. The van der Waals surface area contributed by atoms with Crippen LogP contribution in [0.5, 0.6) is 28.7 Å². The van der Waals surface area contributed by atoms with Gasteiger partial charge in [-0.25, -0.2) is 0 Å². The number of carbonyl (C=O) groups excluding carboxylic acids is 3. The van der Waals surface area contributed by atoms with E-state index in [1.165, 1.54) is 38.4 Å². The number of fused-ring (bicyclic) bond motifs is 2. The number of Topliss-reactive ketones (excluding diaryl/α,β-unsaturated/α-hetero) is 1. The molecule has 3 aliphatic rings. The van der Waals surface area contributed by atoms with Crippen molar-refractivity contribution >= 4 is 17.6 Å². The number of hydrogen-bond donors (Lipinski definition) is 0. The van der Waals surface area contributed by atoms with E-state index in [0.29, 0.717) is 31.2 Å². The molecule has 42 heavy (non-hydrogen) atoms. The highest BCUT2D eigenvalue weighted by Crippen LogP contribution is 2.40. The van der Waals surface area contributed by atoms with Crippen LogP contribution in [0.25, 0.3) is 0 Å². The van der Waals surface area contributed by atoms with E-state index in [2.05, 4.69) is 0 Å². The molecule has 10 nitrogen and oxygen atoms in total. The van der Waals surface area contributed by atoms with E-state index in [1.54, 1.807) is 7.11 Å². The van der Waals surface area contributed by atoms with Crippen LogP contribution in [-0.2, 0) is 9.59 Å². The summed E-state index contributed by atoms with van der Waals surface area (Å²) in [4.78, 5) is 44.3. The van der Waals surface area contributed by atoms with Gasteiger partial charge >= 0.3 is 0 Å². The Morgan fingerprint density at radius 1 is 0.833 bits per heavy atom. The summed E-state index contributed by atoms with van der Waals surface area (Å²) in [7, 11) is 6.01. The van der Waals surface area contributed by atoms with E-state index in [9.17, 15) is 14.4 Å². The number of benzene rings is 2. The van der Waals surface area contributed by atoms with Crippen LogP contribution in [0.3, 0.4) is 0 Å². The largest absolute Gasteiger partial charge is 0.497 e. The van der Waals surface area contributed by atoms with Crippen LogP contribution in [0.15, 0.2) is 36.4 Å². The van der Waals surface area contributed by atoms with Gasteiger partial charge in [-0.15, -0.1) is 0 Å². The average molecular weight is 583 g/mol. The fourth-order valence-electron chi connectivity index (χ4n) is 6.47. The average Bonchev–Trinajstić information content (AvgIpc) is 3.49. The molecule has 10 heteroatoms. The second kappa shape index (κ2) is 13.4. The van der Waals surface area contributed by atoms with E-state index in [-0.39, 0.29) is 42.5 Å². The Morgan fingerprint density at radius 2 is 1.50 bits per heavy atom. The van der Waals surface area contributed by atoms with Crippen LogP contribution < -0.4 is 23.7 Å². The highest BCUT2D eigenvalue weighted by Gasteiger charge is 2.49. The number of piperidine rings is 1. The predicted octanol–water partition coefficient (Wildman–Crippen LogP) is 4.38. The number of piperazine rings is 1. The molecule has 0 N–H and O–H groups in total. The van der Waals surface area contributed by atoms with E-state index in [4.69, 9.17) is 23.7 Å². The van der Waals surface area contributed by atoms with Crippen molar-refractivity contribution in [3.63, 3.8) is 0 Å². The van der Waals surface area contributed by atoms with Crippen molar-refractivity contribution in [1.29, 1.82) is 0 Å². The molecule has 2 amide bonds. The highest BCUT2D eigenvalue weighted by atomic mass is 16.5. The summed E-state index contributed by atoms with van der Waals surface area (Å²) in [5, 5.41) is 0. The summed E-state index contributed by atoms with van der Waals surface area (Å²) in [6.07, 6.45) is 4.89. The minimum absolute atomic E-state index is 0. The standard InChI is InChI=1S/C31H38N2O8.CH4/c1-37-23-10-12-24(13-11-23)41-18-19-8-9-21(14-19)32-17-22-6-5-7-25(30(32)35)33(22)31(36)28(34)20-15-26(38-2)29(40-4)27(16-20)39-3;/h10-13,15-16,19,21-22,25H,5-9,14,17-18H2,1-4H3;1H4/t19-,21+,22?,25?;/m1./s1. The van der Waals surface area contributed by atoms with Gasteiger partial charge in [-0.3, -0.25) is 14.4 Å². The van der Waals surface area contributed by atoms with Crippen molar-refractivity contribution in [2.45, 2.75) is 64.1 Å². The zero-order chi connectivity index (χ0) is 29.1. The summed E-state index contributed by atoms with van der Waals surface area (Å²) in [6.45, 7) is 1.03. The van der Waals surface area contributed by atoms with Gasteiger partial charge in [0.05, 0.1) is 41.1 Å². The predicted molar refractivity (Wildman–Crippen MR) is 157 cm³/mol. The zero-order valence-electron chi connectivity index (χ0n) is 24.1. The third kappa shape index (κ3) is 5.98. The maximum Gasteiger partial charge on any atom is 0.295 e. The number of amides is 2. The van der Waals surface area contributed by atoms with Crippen LogP contribution in [0.1, 0.15) is 56.3 Å². The maximum atomic E-state index is 13.7. The lowest BCUT2D eigenvalue weighted by Crippen LogP contribution is -2.67. The minimum atomic E-state index is -0.695. The van der Waals surface area contributed by atoms with Gasteiger partial charge in [-0.1, -0.05) is 7.43 Å². The Balaban J connectivity index is 0.00000405. The van der Waals surface area contributed by atoms with Crippen molar-refractivity contribution < 1.29 is 38.1 Å². The van der Waals surface area contributed by atoms with Crippen molar-refractivity contribution in [3.05, 3.63) is 42.0 Å². The third-order valence-electron chi connectivity index (χ3n) is 8.57. The molecule has 2 aromatic rings. The molecule has 2 aromatic carbocycles. The minimum Gasteiger partial charge on any atom is -0.497 e. The van der Waals surface area contributed by atoms with Gasteiger partial charge in [-0.05, 0) is 80.8 Å². The lowest BCUT2D eigenvalue weighted by Gasteiger charge is -2.50. The quantitative estimate of drug-likeness (QED) is 0.300. The normalized spacial score (nSPS) is 23.1. The van der Waals surface area contributed by atoms with Crippen molar-refractivity contribution in [2.75, 3.05) is 41.6 Å². The van der Waals surface area contributed by atoms with Crippen molar-refractivity contribution in [2.24, 2.45) is 5.92 Å². The Bertz CT molecular complexity index is 1250. The summed E-state index contributed by atoms with van der Waals surface area (Å²) >= 11 is 0. The molecule has 3 fully saturated rings. The molecule has 2 saturated heterocycles. The molecule has 2 heterocycles. The van der Waals surface area contributed by atoms with E-state index >= 15 is 0 Å². The van der Waals surface area contributed by atoms with Crippen LogP contribution in [-0.4, -0.2) is 87.1 Å². The molecule has 0 spiro atoms. The molecule has 0 aromatic heterocycles. The lowest BCUT2D eigenvalue weighted by atomic mass is 9.88. The van der Waals surface area contributed by atoms with Gasteiger partial charge in [0.2, 0.25) is 11.7 Å². The number of likely N-dealkylation sites (tertiary alicyclic amines) is 1. The van der Waals surface area contributed by atoms with Crippen LogP contribution in [0, 0.1) is 5.92 Å². The molecular formula is C32H42N2O8.